The highest BCUT2D eigenvalue weighted by Gasteiger charge is 2.05. The van der Waals surface area contributed by atoms with E-state index in [1.54, 1.807) is 0 Å². The molecule has 1 aromatic rings. The largest absolute Gasteiger partial charge is 0.290 e. The number of nitro groups is 1. The van der Waals surface area contributed by atoms with Gasteiger partial charge in [0.25, 0.3) is 5.69 Å². The topological polar surface area (TPSA) is 60.2 Å². The Bertz CT molecular complexity index is 287. The normalized spacial score (nSPS) is 9.42. The highest BCUT2D eigenvalue weighted by molar-refractivity contribution is 7.41. The molecule has 5 heteroatoms. The van der Waals surface area contributed by atoms with Crippen molar-refractivity contribution in [1.29, 1.82) is 0 Å². The Kier molecular flexibility index (Phi) is 2.51. The molecule has 1 rings (SSSR count). The van der Waals surface area contributed by atoms with E-state index in [1.165, 1.54) is 24.3 Å². The second kappa shape index (κ2) is 3.41. The highest BCUT2D eigenvalue weighted by Crippen LogP contribution is 2.13. The van der Waals surface area contributed by atoms with E-state index in [2.05, 4.69) is 0 Å². The van der Waals surface area contributed by atoms with Gasteiger partial charge < -0.3 is 0 Å². The third-order valence-electron chi connectivity index (χ3n) is 1.36. The molecular weight excluding hydrogens is 177 g/mol. The summed E-state index contributed by atoms with van der Waals surface area (Å²) in [7, 11) is 2.00. The Morgan fingerprint density at radius 1 is 1.33 bits per heavy atom. The number of nitro benzene ring substituents is 1. The maximum Gasteiger partial charge on any atom is 0.269 e. The summed E-state index contributed by atoms with van der Waals surface area (Å²) in [5.41, 5.74) is 0.264. The number of hydrogen-bond donors (Lipinski definition) is 0. The Balaban J connectivity index is 3.01. The van der Waals surface area contributed by atoms with Gasteiger partial charge >= 0.3 is 0 Å². The SMILES string of the molecule is O=C(P)c1ccc([N+](=O)[O-])cc1. The number of benzene rings is 1. The molecule has 0 bridgehead atoms. The summed E-state index contributed by atoms with van der Waals surface area (Å²) >= 11 is 0. The fourth-order valence-electron chi connectivity index (χ4n) is 0.747. The van der Waals surface area contributed by atoms with Crippen LogP contribution in [0.3, 0.4) is 0 Å². The van der Waals surface area contributed by atoms with Crippen molar-refractivity contribution in [2.45, 2.75) is 0 Å². The van der Waals surface area contributed by atoms with Gasteiger partial charge in [0.15, 0.2) is 5.52 Å². The molecule has 0 N–H and O–H groups in total. The molecule has 0 spiro atoms. The van der Waals surface area contributed by atoms with Crippen LogP contribution < -0.4 is 0 Å². The monoisotopic (exact) mass is 183 g/mol. The lowest BCUT2D eigenvalue weighted by molar-refractivity contribution is -0.384. The van der Waals surface area contributed by atoms with Crippen LogP contribution in [0.1, 0.15) is 10.4 Å². The summed E-state index contributed by atoms with van der Waals surface area (Å²) in [5, 5.41) is 10.2. The molecule has 0 saturated carbocycles. The molecule has 0 amide bonds. The zero-order chi connectivity index (χ0) is 9.14. The van der Waals surface area contributed by atoms with Crippen LogP contribution in [-0.2, 0) is 0 Å². The van der Waals surface area contributed by atoms with E-state index in [0.29, 0.717) is 5.56 Å². The fraction of sp³-hybridized carbons (Fsp3) is 0. The predicted octanol–water partition coefficient (Wildman–Crippen LogP) is 1.61. The second-order valence-corrected chi connectivity index (χ2v) is 2.69. The number of carbonyl (C=O) groups is 1. The van der Waals surface area contributed by atoms with Crippen molar-refractivity contribution in [2.24, 2.45) is 0 Å². The van der Waals surface area contributed by atoms with Gasteiger partial charge in [-0.1, -0.05) is 9.24 Å². The number of non-ortho nitro benzene ring substituents is 1. The first-order chi connectivity index (χ1) is 5.61. The van der Waals surface area contributed by atoms with E-state index in [0.717, 1.165) is 0 Å². The van der Waals surface area contributed by atoms with Crippen LogP contribution in [0.15, 0.2) is 24.3 Å². The minimum Gasteiger partial charge on any atom is -0.290 e. The highest BCUT2D eigenvalue weighted by atomic mass is 31.0. The van der Waals surface area contributed by atoms with Crippen LogP contribution in [0.4, 0.5) is 5.69 Å². The number of carbonyl (C=O) groups excluding carboxylic acids is 1. The smallest absolute Gasteiger partial charge is 0.269 e. The van der Waals surface area contributed by atoms with Gasteiger partial charge in [-0.05, 0) is 12.1 Å². The molecule has 1 aromatic carbocycles. The predicted molar refractivity (Wildman–Crippen MR) is 47.1 cm³/mol. The second-order valence-electron chi connectivity index (χ2n) is 2.17. The lowest BCUT2D eigenvalue weighted by atomic mass is 10.2. The molecule has 0 radical (unpaired) electrons. The van der Waals surface area contributed by atoms with Crippen molar-refractivity contribution in [3.8, 4) is 0 Å². The van der Waals surface area contributed by atoms with E-state index >= 15 is 0 Å². The summed E-state index contributed by atoms with van der Waals surface area (Å²) in [6.07, 6.45) is 0. The number of hydrogen-bond acceptors (Lipinski definition) is 3. The lowest BCUT2D eigenvalue weighted by Crippen LogP contribution is -1.90. The first-order valence-corrected chi connectivity index (χ1v) is 3.73. The molecule has 0 saturated heterocycles. The van der Waals surface area contributed by atoms with E-state index in [4.69, 9.17) is 0 Å². The van der Waals surface area contributed by atoms with Gasteiger partial charge in [-0.2, -0.15) is 0 Å². The Hall–Kier alpha value is -1.28. The summed E-state index contributed by atoms with van der Waals surface area (Å²) in [4.78, 5) is 20.4. The minimum atomic E-state index is -0.503. The van der Waals surface area contributed by atoms with E-state index in [1.807, 2.05) is 9.24 Å². The van der Waals surface area contributed by atoms with Gasteiger partial charge in [-0.15, -0.1) is 0 Å². The molecule has 0 aromatic heterocycles. The average Bonchev–Trinajstić information content (AvgIpc) is 2.04. The Morgan fingerprint density at radius 3 is 2.17 bits per heavy atom. The molecule has 0 aliphatic carbocycles. The van der Waals surface area contributed by atoms with Gasteiger partial charge in [-0.3, -0.25) is 14.9 Å². The van der Waals surface area contributed by atoms with Crippen molar-refractivity contribution >= 4 is 20.5 Å². The summed E-state index contributed by atoms with van der Waals surface area (Å²) < 4.78 is 0. The van der Waals surface area contributed by atoms with Crippen LogP contribution in [0.2, 0.25) is 0 Å². The number of nitrogens with zero attached hydrogens (tertiary/aromatic N) is 1. The van der Waals surface area contributed by atoms with Gasteiger partial charge in [0.05, 0.1) is 4.92 Å². The van der Waals surface area contributed by atoms with Crippen molar-refractivity contribution in [3.63, 3.8) is 0 Å². The molecule has 0 fully saturated rings. The average molecular weight is 183 g/mol. The van der Waals surface area contributed by atoms with Gasteiger partial charge in [0.1, 0.15) is 0 Å². The van der Waals surface area contributed by atoms with Crippen LogP contribution in [0.5, 0.6) is 0 Å². The Labute approximate surface area is 70.9 Å². The van der Waals surface area contributed by atoms with Crippen molar-refractivity contribution in [1.82, 2.24) is 0 Å². The van der Waals surface area contributed by atoms with Crippen LogP contribution in [0.25, 0.3) is 0 Å². The maximum absolute atomic E-state index is 10.7. The molecule has 1 unspecified atom stereocenters. The molecule has 0 aliphatic heterocycles. The van der Waals surface area contributed by atoms with Crippen molar-refractivity contribution in [3.05, 3.63) is 39.9 Å². The molecule has 12 heavy (non-hydrogen) atoms. The van der Waals surface area contributed by atoms with Gasteiger partial charge in [-0.25, -0.2) is 0 Å². The Morgan fingerprint density at radius 2 is 1.83 bits per heavy atom. The maximum atomic E-state index is 10.7. The molecule has 62 valence electrons. The standard InChI is InChI=1S/C7H6NO3P/c9-7(12)5-1-3-6(4-2-5)8(10)11/h1-4H,12H2. The molecule has 0 heterocycles. The summed E-state index contributed by atoms with van der Waals surface area (Å²) in [6, 6.07) is 5.45. The number of rotatable bonds is 2. The van der Waals surface area contributed by atoms with Gasteiger partial charge in [0, 0.05) is 17.7 Å². The molecular formula is C7H6NO3P. The van der Waals surface area contributed by atoms with Crippen LogP contribution in [0, 0.1) is 10.1 Å². The zero-order valence-electron chi connectivity index (χ0n) is 6.06. The van der Waals surface area contributed by atoms with E-state index in [-0.39, 0.29) is 11.2 Å². The van der Waals surface area contributed by atoms with Crippen molar-refractivity contribution < 1.29 is 9.72 Å². The minimum absolute atomic E-state index is 0.00926. The quantitative estimate of drug-likeness (QED) is 0.397. The summed E-state index contributed by atoms with van der Waals surface area (Å²) in [5.74, 6) is 0. The third kappa shape index (κ3) is 1.86. The molecule has 1 atom stereocenters. The summed E-state index contributed by atoms with van der Waals surface area (Å²) in [6.45, 7) is 0. The van der Waals surface area contributed by atoms with Crippen LogP contribution >= 0.6 is 9.24 Å². The van der Waals surface area contributed by atoms with Crippen LogP contribution in [-0.4, -0.2) is 10.4 Å². The fourth-order valence-corrected chi connectivity index (χ4v) is 0.940. The van der Waals surface area contributed by atoms with Crippen molar-refractivity contribution in [2.75, 3.05) is 0 Å². The van der Waals surface area contributed by atoms with E-state index < -0.39 is 4.92 Å². The molecule has 4 nitrogen and oxygen atoms in total. The molecule has 0 aliphatic rings. The lowest BCUT2D eigenvalue weighted by Gasteiger charge is -1.93. The first kappa shape index (κ1) is 8.81. The van der Waals surface area contributed by atoms with Gasteiger partial charge in [0.2, 0.25) is 0 Å². The third-order valence-corrected chi connectivity index (χ3v) is 1.70. The zero-order valence-corrected chi connectivity index (χ0v) is 7.21. The van der Waals surface area contributed by atoms with E-state index in [9.17, 15) is 14.9 Å². The first-order valence-electron chi connectivity index (χ1n) is 3.15.